The molecule has 1 N–H and O–H groups in total. The van der Waals surface area contributed by atoms with Crippen molar-refractivity contribution in [1.29, 1.82) is 0 Å². The van der Waals surface area contributed by atoms with Gasteiger partial charge < -0.3 is 9.63 Å². The minimum Gasteiger partial charge on any atom is -0.507 e. The lowest BCUT2D eigenvalue weighted by Crippen LogP contribution is -2.07. The largest absolute Gasteiger partial charge is 0.507 e. The zero-order valence-electron chi connectivity index (χ0n) is 7.99. The molecule has 1 aromatic carbocycles. The Kier molecular flexibility index (Phi) is 2.49. The number of nitrogens with zero attached hydrogens (tertiary/aromatic N) is 2. The molecule has 1 aromatic heterocycles. The SMILES string of the molecule is Oc1cc(F)ccc1-c1nc(C(F)(F)F)no1. The lowest BCUT2D eigenvalue weighted by Gasteiger charge is -1.98. The summed E-state index contributed by atoms with van der Waals surface area (Å²) in [5.74, 6) is -3.31. The Morgan fingerprint density at radius 2 is 1.94 bits per heavy atom. The second-order valence-corrected chi connectivity index (χ2v) is 3.08. The van der Waals surface area contributed by atoms with Crippen molar-refractivity contribution in [3.8, 4) is 17.2 Å². The third-order valence-corrected chi connectivity index (χ3v) is 1.87. The van der Waals surface area contributed by atoms with Crippen molar-refractivity contribution in [2.75, 3.05) is 0 Å². The molecule has 0 fully saturated rings. The molecule has 0 bridgehead atoms. The minimum absolute atomic E-state index is 0.172. The summed E-state index contributed by atoms with van der Waals surface area (Å²) in [6.07, 6.45) is -4.74. The fraction of sp³-hybridized carbons (Fsp3) is 0.111. The van der Waals surface area contributed by atoms with Crippen molar-refractivity contribution in [2.24, 2.45) is 0 Å². The van der Waals surface area contributed by atoms with Crippen molar-refractivity contribution >= 4 is 0 Å². The number of hydrogen-bond donors (Lipinski definition) is 1. The Labute approximate surface area is 91.5 Å². The molecule has 0 radical (unpaired) electrons. The molecule has 0 spiro atoms. The molecule has 2 aromatic rings. The highest BCUT2D eigenvalue weighted by molar-refractivity contribution is 5.61. The predicted molar refractivity (Wildman–Crippen MR) is 46.4 cm³/mol. The number of benzene rings is 1. The highest BCUT2D eigenvalue weighted by Gasteiger charge is 2.37. The Morgan fingerprint density at radius 1 is 1.24 bits per heavy atom. The number of hydrogen-bond acceptors (Lipinski definition) is 4. The molecule has 0 saturated carbocycles. The van der Waals surface area contributed by atoms with Gasteiger partial charge in [-0.1, -0.05) is 5.16 Å². The van der Waals surface area contributed by atoms with E-state index in [0.29, 0.717) is 0 Å². The van der Waals surface area contributed by atoms with Gasteiger partial charge in [0.2, 0.25) is 0 Å². The van der Waals surface area contributed by atoms with Crippen LogP contribution in [0.2, 0.25) is 0 Å². The first kappa shape index (κ1) is 11.4. The van der Waals surface area contributed by atoms with Crippen molar-refractivity contribution < 1.29 is 27.2 Å². The zero-order valence-corrected chi connectivity index (χ0v) is 7.99. The second kappa shape index (κ2) is 3.72. The first-order valence-corrected chi connectivity index (χ1v) is 4.28. The third kappa shape index (κ3) is 2.19. The van der Waals surface area contributed by atoms with E-state index < -0.39 is 29.5 Å². The summed E-state index contributed by atoms with van der Waals surface area (Å²) in [5, 5.41) is 12.0. The molecule has 2 rings (SSSR count). The van der Waals surface area contributed by atoms with Crippen molar-refractivity contribution in [1.82, 2.24) is 10.1 Å². The van der Waals surface area contributed by atoms with E-state index >= 15 is 0 Å². The van der Waals surface area contributed by atoms with Crippen molar-refractivity contribution in [2.45, 2.75) is 6.18 Å². The summed E-state index contributed by atoms with van der Waals surface area (Å²) in [7, 11) is 0. The molecule has 17 heavy (non-hydrogen) atoms. The maximum Gasteiger partial charge on any atom is 0.455 e. The summed E-state index contributed by atoms with van der Waals surface area (Å²) in [5.41, 5.74) is -0.172. The van der Waals surface area contributed by atoms with E-state index in [9.17, 15) is 22.7 Å². The van der Waals surface area contributed by atoms with Crippen molar-refractivity contribution in [3.63, 3.8) is 0 Å². The zero-order chi connectivity index (χ0) is 12.6. The molecule has 0 aliphatic rings. The third-order valence-electron chi connectivity index (χ3n) is 1.87. The highest BCUT2D eigenvalue weighted by Crippen LogP contribution is 2.32. The maximum atomic E-state index is 12.7. The number of alkyl halides is 3. The van der Waals surface area contributed by atoms with Gasteiger partial charge in [0, 0.05) is 6.07 Å². The average molecular weight is 248 g/mol. The average Bonchev–Trinajstić information content (AvgIpc) is 2.65. The van der Waals surface area contributed by atoms with Crippen LogP contribution < -0.4 is 0 Å². The Bertz CT molecular complexity index is 550. The number of phenolic OH excluding ortho intramolecular Hbond substituents is 1. The second-order valence-electron chi connectivity index (χ2n) is 3.08. The van der Waals surface area contributed by atoms with E-state index in [-0.39, 0.29) is 5.56 Å². The van der Waals surface area contributed by atoms with Crippen molar-refractivity contribution in [3.05, 3.63) is 29.8 Å². The summed E-state index contributed by atoms with van der Waals surface area (Å²) in [6, 6.07) is 2.72. The summed E-state index contributed by atoms with van der Waals surface area (Å²) >= 11 is 0. The smallest absolute Gasteiger partial charge is 0.455 e. The van der Waals surface area contributed by atoms with Crippen LogP contribution in [0, 0.1) is 5.82 Å². The predicted octanol–water partition coefficient (Wildman–Crippen LogP) is 2.60. The van der Waals surface area contributed by atoms with Gasteiger partial charge in [0.15, 0.2) is 0 Å². The molecule has 0 amide bonds. The molecule has 0 aliphatic carbocycles. The molecule has 4 nitrogen and oxygen atoms in total. The lowest BCUT2D eigenvalue weighted by molar-refractivity contribution is -0.146. The summed E-state index contributed by atoms with van der Waals surface area (Å²) in [6.45, 7) is 0. The van der Waals surface area contributed by atoms with E-state index in [1.165, 1.54) is 0 Å². The van der Waals surface area contributed by atoms with Gasteiger partial charge in [0.05, 0.1) is 5.56 Å². The molecule has 0 atom stereocenters. The van der Waals surface area contributed by atoms with Gasteiger partial charge in [-0.05, 0) is 12.1 Å². The van der Waals surface area contributed by atoms with Crippen LogP contribution in [-0.2, 0) is 6.18 Å². The van der Waals surface area contributed by atoms with Crippen LogP contribution in [0.5, 0.6) is 5.75 Å². The summed E-state index contributed by atoms with van der Waals surface area (Å²) < 4.78 is 53.5. The Morgan fingerprint density at radius 3 is 2.47 bits per heavy atom. The standard InChI is InChI=1S/C9H4F4N2O2/c10-4-1-2-5(6(16)3-4)7-14-8(15-17-7)9(11,12)13/h1-3,16H. The fourth-order valence-electron chi connectivity index (χ4n) is 1.13. The monoisotopic (exact) mass is 248 g/mol. The topological polar surface area (TPSA) is 59.2 Å². The van der Waals surface area contributed by atoms with Crippen LogP contribution >= 0.6 is 0 Å². The van der Waals surface area contributed by atoms with Gasteiger partial charge in [-0.15, -0.1) is 0 Å². The van der Waals surface area contributed by atoms with Gasteiger partial charge in [0.25, 0.3) is 11.7 Å². The number of halogens is 4. The molecular weight excluding hydrogens is 244 g/mol. The fourth-order valence-corrected chi connectivity index (χ4v) is 1.13. The molecular formula is C9H4F4N2O2. The van der Waals surface area contributed by atoms with Crippen LogP contribution in [-0.4, -0.2) is 15.2 Å². The van der Waals surface area contributed by atoms with Gasteiger partial charge in [-0.3, -0.25) is 0 Å². The Hall–Kier alpha value is -2.12. The van der Waals surface area contributed by atoms with Crippen LogP contribution in [0.15, 0.2) is 22.7 Å². The quantitative estimate of drug-likeness (QED) is 0.788. The Balaban J connectivity index is 2.44. The summed E-state index contributed by atoms with van der Waals surface area (Å²) in [4.78, 5) is 3.06. The van der Waals surface area contributed by atoms with E-state index in [4.69, 9.17) is 0 Å². The highest BCUT2D eigenvalue weighted by atomic mass is 19.4. The van der Waals surface area contributed by atoms with Gasteiger partial charge >= 0.3 is 6.18 Å². The number of rotatable bonds is 1. The van der Waals surface area contributed by atoms with Crippen LogP contribution in [0.25, 0.3) is 11.5 Å². The number of aromatic nitrogens is 2. The molecule has 1 heterocycles. The van der Waals surface area contributed by atoms with E-state index in [2.05, 4.69) is 14.7 Å². The molecule has 8 heteroatoms. The molecule has 0 saturated heterocycles. The van der Waals surface area contributed by atoms with E-state index in [0.717, 1.165) is 18.2 Å². The van der Waals surface area contributed by atoms with Gasteiger partial charge in [-0.2, -0.15) is 18.2 Å². The molecule has 0 aliphatic heterocycles. The van der Waals surface area contributed by atoms with Crippen LogP contribution in [0.1, 0.15) is 5.82 Å². The van der Waals surface area contributed by atoms with Gasteiger partial charge in [-0.25, -0.2) is 4.39 Å². The van der Waals surface area contributed by atoms with E-state index in [1.807, 2.05) is 0 Å². The first-order valence-electron chi connectivity index (χ1n) is 4.28. The molecule has 0 unspecified atom stereocenters. The maximum absolute atomic E-state index is 12.7. The number of aromatic hydroxyl groups is 1. The normalized spacial score (nSPS) is 11.8. The van der Waals surface area contributed by atoms with Crippen LogP contribution in [0.4, 0.5) is 17.6 Å². The lowest BCUT2D eigenvalue weighted by atomic mass is 10.2. The van der Waals surface area contributed by atoms with Gasteiger partial charge in [0.1, 0.15) is 11.6 Å². The minimum atomic E-state index is -4.74. The molecule has 90 valence electrons. The van der Waals surface area contributed by atoms with E-state index in [1.54, 1.807) is 0 Å². The number of phenols is 1. The first-order chi connectivity index (χ1) is 7.88. The van der Waals surface area contributed by atoms with Crippen LogP contribution in [0.3, 0.4) is 0 Å².